The average Bonchev–Trinajstić information content (AvgIpc) is 2.88. The minimum Gasteiger partial charge on any atom is -0.494 e. The van der Waals surface area contributed by atoms with Crippen molar-refractivity contribution in [2.75, 3.05) is 12.4 Å². The molecule has 0 saturated carbocycles. The molecule has 0 saturated heterocycles. The molecule has 1 N–H and O–H groups in total. The number of para-hydroxylation sites is 1. The minimum absolute atomic E-state index is 0.0534. The van der Waals surface area contributed by atoms with Gasteiger partial charge in [0.2, 0.25) is 0 Å². The highest BCUT2D eigenvalue weighted by molar-refractivity contribution is 7.99. The van der Waals surface area contributed by atoms with E-state index < -0.39 is 0 Å². The van der Waals surface area contributed by atoms with E-state index in [9.17, 15) is 9.59 Å². The van der Waals surface area contributed by atoms with Gasteiger partial charge in [0.15, 0.2) is 5.16 Å². The molecule has 35 heavy (non-hydrogen) atoms. The molecule has 0 fully saturated rings. The molecule has 8 heteroatoms. The molecule has 0 spiro atoms. The monoisotopic (exact) mass is 486 g/mol. The largest absolute Gasteiger partial charge is 0.494 e. The van der Waals surface area contributed by atoms with Crippen LogP contribution >= 0.6 is 11.8 Å². The van der Waals surface area contributed by atoms with Gasteiger partial charge in [0.1, 0.15) is 5.75 Å². The molecule has 0 atom stereocenters. The van der Waals surface area contributed by atoms with Crippen LogP contribution in [0.2, 0.25) is 0 Å². The number of ether oxygens (including phenoxy) is 1. The Bertz CT molecular complexity index is 1400. The maximum atomic E-state index is 13.3. The van der Waals surface area contributed by atoms with Crippen molar-refractivity contribution in [2.45, 2.75) is 25.4 Å². The number of nitrogens with one attached hydrogen (secondary N) is 1. The summed E-state index contributed by atoms with van der Waals surface area (Å²) in [4.78, 5) is 30.4. The van der Waals surface area contributed by atoms with E-state index in [0.717, 1.165) is 23.3 Å². The van der Waals surface area contributed by atoms with Crippen LogP contribution in [-0.4, -0.2) is 34.0 Å². The zero-order chi connectivity index (χ0) is 24.6. The highest BCUT2D eigenvalue weighted by Crippen LogP contribution is 2.21. The molecule has 0 aliphatic heterocycles. The number of rotatable bonds is 9. The molecule has 0 bridgehead atoms. The van der Waals surface area contributed by atoms with E-state index in [4.69, 9.17) is 4.74 Å². The van der Waals surface area contributed by atoms with Crippen molar-refractivity contribution in [2.24, 2.45) is 5.10 Å². The van der Waals surface area contributed by atoms with Crippen molar-refractivity contribution < 1.29 is 9.53 Å². The number of aromatic nitrogens is 2. The van der Waals surface area contributed by atoms with Crippen molar-refractivity contribution in [3.63, 3.8) is 0 Å². The highest BCUT2D eigenvalue weighted by Gasteiger charge is 2.14. The van der Waals surface area contributed by atoms with E-state index in [1.807, 2.05) is 67.6 Å². The first-order valence-electron chi connectivity index (χ1n) is 11.3. The van der Waals surface area contributed by atoms with Crippen LogP contribution in [0.1, 0.15) is 24.5 Å². The van der Waals surface area contributed by atoms with Gasteiger partial charge in [-0.25, -0.2) is 10.4 Å². The Morgan fingerprint density at radius 2 is 1.83 bits per heavy atom. The number of aryl methyl sites for hydroxylation is 1. The van der Waals surface area contributed by atoms with Gasteiger partial charge in [-0.05, 0) is 67.4 Å². The molecular weight excluding hydrogens is 460 g/mol. The molecule has 0 unspecified atom stereocenters. The molecule has 0 aliphatic rings. The lowest BCUT2D eigenvalue weighted by atomic mass is 10.2. The standard InChI is InChI=1S/C27H26N4O3S/c1-3-16-34-22-14-10-20(11-15-22)17-28-30-25(32)18-35-27-29-24-7-5-4-6-23(24)26(33)31(27)21-12-8-19(2)9-13-21/h4-15,17H,3,16,18H2,1-2H3,(H,30,32)/b28-17+. The van der Waals surface area contributed by atoms with Gasteiger partial charge in [0.05, 0.1) is 35.2 Å². The number of amides is 1. The Kier molecular flexibility index (Phi) is 7.95. The van der Waals surface area contributed by atoms with Gasteiger partial charge < -0.3 is 4.74 Å². The minimum atomic E-state index is -0.299. The lowest BCUT2D eigenvalue weighted by Crippen LogP contribution is -2.24. The fraction of sp³-hybridized carbons (Fsp3) is 0.185. The normalized spacial score (nSPS) is 11.1. The predicted molar refractivity (Wildman–Crippen MR) is 141 cm³/mol. The van der Waals surface area contributed by atoms with E-state index in [-0.39, 0.29) is 17.2 Å². The third-order valence-corrected chi connectivity index (χ3v) is 6.06. The van der Waals surface area contributed by atoms with Gasteiger partial charge in [0.25, 0.3) is 11.5 Å². The fourth-order valence-electron chi connectivity index (χ4n) is 3.34. The van der Waals surface area contributed by atoms with Crippen LogP contribution in [0.5, 0.6) is 5.75 Å². The molecule has 0 aliphatic carbocycles. The number of nitrogens with zero attached hydrogens (tertiary/aromatic N) is 3. The first kappa shape index (κ1) is 24.2. The van der Waals surface area contributed by atoms with Crippen molar-refractivity contribution in [3.05, 3.63) is 94.3 Å². The molecule has 1 heterocycles. The van der Waals surface area contributed by atoms with Crippen LogP contribution < -0.4 is 15.7 Å². The molecule has 178 valence electrons. The molecule has 1 aromatic heterocycles. The molecule has 1 amide bonds. The first-order chi connectivity index (χ1) is 17.0. The van der Waals surface area contributed by atoms with Crippen LogP contribution in [0.15, 0.2) is 87.8 Å². The summed E-state index contributed by atoms with van der Waals surface area (Å²) in [7, 11) is 0. The van der Waals surface area contributed by atoms with Crippen molar-refractivity contribution >= 4 is 34.8 Å². The van der Waals surface area contributed by atoms with Gasteiger partial charge in [-0.3, -0.25) is 14.2 Å². The van der Waals surface area contributed by atoms with Crippen LogP contribution in [0, 0.1) is 6.92 Å². The summed E-state index contributed by atoms with van der Waals surface area (Å²) < 4.78 is 7.11. The van der Waals surface area contributed by atoms with Crippen LogP contribution in [0.25, 0.3) is 16.6 Å². The van der Waals surface area contributed by atoms with Gasteiger partial charge in [0, 0.05) is 0 Å². The summed E-state index contributed by atoms with van der Waals surface area (Å²) in [5.74, 6) is 0.552. The summed E-state index contributed by atoms with van der Waals surface area (Å²) in [5.41, 5.74) is 5.58. The Labute approximate surface area is 207 Å². The smallest absolute Gasteiger partial charge is 0.266 e. The molecule has 4 rings (SSSR count). The van der Waals surface area contributed by atoms with E-state index in [1.165, 1.54) is 11.8 Å². The number of hydrazone groups is 1. The van der Waals surface area contributed by atoms with E-state index in [1.54, 1.807) is 22.9 Å². The maximum Gasteiger partial charge on any atom is 0.266 e. The van der Waals surface area contributed by atoms with Crippen LogP contribution in [0.4, 0.5) is 0 Å². The number of carbonyl (C=O) groups excluding carboxylic acids is 1. The van der Waals surface area contributed by atoms with Gasteiger partial charge in [-0.15, -0.1) is 0 Å². The van der Waals surface area contributed by atoms with E-state index >= 15 is 0 Å². The van der Waals surface area contributed by atoms with Gasteiger partial charge >= 0.3 is 0 Å². The van der Waals surface area contributed by atoms with Crippen LogP contribution in [0.3, 0.4) is 0 Å². The maximum absolute atomic E-state index is 13.3. The Morgan fingerprint density at radius 1 is 1.09 bits per heavy atom. The Hall–Kier alpha value is -3.91. The number of benzene rings is 3. The average molecular weight is 487 g/mol. The predicted octanol–water partition coefficient (Wildman–Crippen LogP) is 4.73. The zero-order valence-electron chi connectivity index (χ0n) is 19.6. The Balaban J connectivity index is 1.47. The van der Waals surface area contributed by atoms with Crippen molar-refractivity contribution in [1.29, 1.82) is 0 Å². The van der Waals surface area contributed by atoms with Gasteiger partial charge in [-0.2, -0.15) is 5.10 Å². The Morgan fingerprint density at radius 3 is 2.57 bits per heavy atom. The number of thioether (sulfide) groups is 1. The molecule has 4 aromatic rings. The zero-order valence-corrected chi connectivity index (χ0v) is 20.4. The second-order valence-corrected chi connectivity index (χ2v) is 8.83. The molecule has 7 nitrogen and oxygen atoms in total. The summed E-state index contributed by atoms with van der Waals surface area (Å²) in [5, 5.41) is 5.01. The van der Waals surface area contributed by atoms with Gasteiger partial charge in [-0.1, -0.05) is 48.5 Å². The number of hydrogen-bond donors (Lipinski definition) is 1. The number of hydrogen-bond acceptors (Lipinski definition) is 6. The molecule has 0 radical (unpaired) electrons. The summed E-state index contributed by atoms with van der Waals surface area (Å²) in [6, 6.07) is 22.3. The second-order valence-electron chi connectivity index (χ2n) is 7.89. The third-order valence-electron chi connectivity index (χ3n) is 5.13. The summed E-state index contributed by atoms with van der Waals surface area (Å²) in [6.45, 7) is 4.71. The topological polar surface area (TPSA) is 85.6 Å². The molecular formula is C27H26N4O3S. The van der Waals surface area contributed by atoms with Crippen molar-refractivity contribution in [3.8, 4) is 11.4 Å². The summed E-state index contributed by atoms with van der Waals surface area (Å²) in [6.07, 6.45) is 2.52. The third kappa shape index (κ3) is 6.16. The quantitative estimate of drug-likeness (QED) is 0.160. The second kappa shape index (κ2) is 11.5. The SMILES string of the molecule is CCCOc1ccc(/C=N/NC(=O)CSc2nc3ccccc3c(=O)n2-c2ccc(C)cc2)cc1. The lowest BCUT2D eigenvalue weighted by molar-refractivity contribution is -0.118. The fourth-order valence-corrected chi connectivity index (χ4v) is 4.15. The van der Waals surface area contributed by atoms with E-state index in [2.05, 4.69) is 22.4 Å². The van der Waals surface area contributed by atoms with E-state index in [0.29, 0.717) is 28.4 Å². The summed E-state index contributed by atoms with van der Waals surface area (Å²) >= 11 is 1.19. The first-order valence-corrected chi connectivity index (χ1v) is 12.3. The van der Waals surface area contributed by atoms with Crippen molar-refractivity contribution in [1.82, 2.24) is 15.0 Å². The van der Waals surface area contributed by atoms with Crippen LogP contribution in [-0.2, 0) is 4.79 Å². The highest BCUT2D eigenvalue weighted by atomic mass is 32.2. The molecule has 3 aromatic carbocycles. The lowest BCUT2D eigenvalue weighted by Gasteiger charge is -2.13. The number of fused-ring (bicyclic) bond motifs is 1. The number of carbonyl (C=O) groups is 1.